The lowest BCUT2D eigenvalue weighted by Crippen LogP contribution is -2.48. The van der Waals surface area contributed by atoms with Crippen LogP contribution in [0.3, 0.4) is 0 Å². The Balaban J connectivity index is 1.62. The molecular weight excluding hydrogens is 352 g/mol. The number of carbonyl (C=O) groups excluding carboxylic acids is 1. The van der Waals surface area contributed by atoms with Crippen LogP contribution in [0.15, 0.2) is 34.2 Å². The van der Waals surface area contributed by atoms with Gasteiger partial charge in [-0.15, -0.1) is 11.3 Å². The summed E-state index contributed by atoms with van der Waals surface area (Å²) in [5.41, 5.74) is 6.31. The number of pyridine rings is 1. The highest BCUT2D eigenvalue weighted by molar-refractivity contribution is 9.11. The van der Waals surface area contributed by atoms with E-state index in [2.05, 4.69) is 25.8 Å². The summed E-state index contributed by atoms with van der Waals surface area (Å²) in [4.78, 5) is 21.5. The first-order chi connectivity index (χ1) is 10.1. The first kappa shape index (κ1) is 14.3. The Morgan fingerprint density at radius 1 is 1.19 bits per heavy atom. The van der Waals surface area contributed by atoms with E-state index >= 15 is 0 Å². The van der Waals surface area contributed by atoms with E-state index in [9.17, 15) is 4.79 Å². The van der Waals surface area contributed by atoms with E-state index in [1.54, 1.807) is 6.20 Å². The van der Waals surface area contributed by atoms with Crippen LogP contribution in [0, 0.1) is 0 Å². The Labute approximate surface area is 135 Å². The summed E-state index contributed by atoms with van der Waals surface area (Å²) in [6.07, 6.45) is 1.66. The number of anilines is 2. The number of nitrogen functional groups attached to an aromatic ring is 1. The zero-order chi connectivity index (χ0) is 14.8. The molecule has 3 heterocycles. The van der Waals surface area contributed by atoms with Gasteiger partial charge in [-0.1, -0.05) is 0 Å². The van der Waals surface area contributed by atoms with Crippen LogP contribution in [0.2, 0.25) is 0 Å². The summed E-state index contributed by atoms with van der Waals surface area (Å²) in [5.74, 6) is 1.02. The maximum absolute atomic E-state index is 12.4. The Kier molecular flexibility index (Phi) is 4.12. The normalized spacial score (nSPS) is 15.3. The highest BCUT2D eigenvalue weighted by Gasteiger charge is 2.23. The van der Waals surface area contributed by atoms with Gasteiger partial charge >= 0.3 is 0 Å². The number of rotatable bonds is 2. The van der Waals surface area contributed by atoms with Crippen LogP contribution >= 0.6 is 27.3 Å². The summed E-state index contributed by atoms with van der Waals surface area (Å²) >= 11 is 4.87. The molecule has 0 aromatic carbocycles. The number of thiophene rings is 1. The van der Waals surface area contributed by atoms with E-state index in [1.807, 2.05) is 29.2 Å². The third-order valence-electron chi connectivity index (χ3n) is 3.45. The zero-order valence-electron chi connectivity index (χ0n) is 11.3. The van der Waals surface area contributed by atoms with E-state index in [4.69, 9.17) is 5.73 Å². The van der Waals surface area contributed by atoms with Gasteiger partial charge in [-0.3, -0.25) is 4.79 Å². The Morgan fingerprint density at radius 3 is 2.52 bits per heavy atom. The van der Waals surface area contributed by atoms with E-state index in [-0.39, 0.29) is 5.91 Å². The van der Waals surface area contributed by atoms with Gasteiger partial charge in [0.1, 0.15) is 5.82 Å². The van der Waals surface area contributed by atoms with Crippen LogP contribution in [-0.2, 0) is 0 Å². The number of nitrogens with two attached hydrogens (primary N) is 1. The van der Waals surface area contributed by atoms with E-state index in [1.165, 1.54) is 11.3 Å². The quantitative estimate of drug-likeness (QED) is 0.886. The van der Waals surface area contributed by atoms with Crippen molar-refractivity contribution in [2.24, 2.45) is 0 Å². The summed E-state index contributed by atoms with van der Waals surface area (Å²) in [7, 11) is 0. The van der Waals surface area contributed by atoms with Crippen LogP contribution < -0.4 is 10.6 Å². The third kappa shape index (κ3) is 3.19. The molecule has 1 saturated heterocycles. The van der Waals surface area contributed by atoms with Gasteiger partial charge in [-0.05, 0) is 40.2 Å². The summed E-state index contributed by atoms with van der Waals surface area (Å²) in [6, 6.07) is 7.55. The molecule has 0 bridgehead atoms. The van der Waals surface area contributed by atoms with Crippen molar-refractivity contribution in [3.05, 3.63) is 39.1 Å². The molecule has 0 spiro atoms. The van der Waals surface area contributed by atoms with Gasteiger partial charge in [-0.25, -0.2) is 4.98 Å². The highest BCUT2D eigenvalue weighted by Crippen LogP contribution is 2.24. The minimum atomic E-state index is 0.107. The standard InChI is InChI=1S/C14H15BrN4OS/c15-12-3-2-11(21-12)14(20)19-7-5-18(6-8-19)13-4-1-10(16)9-17-13/h1-4,9H,5-8,16H2. The molecule has 0 radical (unpaired) electrons. The molecule has 2 N–H and O–H groups in total. The highest BCUT2D eigenvalue weighted by atomic mass is 79.9. The van der Waals surface area contributed by atoms with Crippen molar-refractivity contribution in [1.82, 2.24) is 9.88 Å². The van der Waals surface area contributed by atoms with Crippen molar-refractivity contribution in [3.63, 3.8) is 0 Å². The second-order valence-electron chi connectivity index (χ2n) is 4.83. The maximum Gasteiger partial charge on any atom is 0.264 e. The van der Waals surface area contributed by atoms with E-state index in [0.717, 1.165) is 27.6 Å². The Hall–Kier alpha value is -1.60. The van der Waals surface area contributed by atoms with Crippen LogP contribution in [0.25, 0.3) is 0 Å². The van der Waals surface area contributed by atoms with Gasteiger partial charge in [0.25, 0.3) is 5.91 Å². The van der Waals surface area contributed by atoms with Crippen LogP contribution in [-0.4, -0.2) is 42.0 Å². The molecule has 3 rings (SSSR count). The predicted octanol–water partition coefficient (Wildman–Crippen LogP) is 2.45. The molecule has 110 valence electrons. The van der Waals surface area contributed by atoms with Gasteiger partial charge in [-0.2, -0.15) is 0 Å². The fourth-order valence-electron chi connectivity index (χ4n) is 2.31. The lowest BCUT2D eigenvalue weighted by Gasteiger charge is -2.35. The Morgan fingerprint density at radius 2 is 1.95 bits per heavy atom. The Bertz CT molecular complexity index is 635. The molecule has 1 aliphatic heterocycles. The van der Waals surface area contributed by atoms with Crippen molar-refractivity contribution >= 4 is 44.7 Å². The first-order valence-electron chi connectivity index (χ1n) is 6.64. The second kappa shape index (κ2) is 6.03. The fourth-order valence-corrected chi connectivity index (χ4v) is 3.66. The summed E-state index contributed by atoms with van der Waals surface area (Å²) in [5, 5.41) is 0. The molecule has 0 aliphatic carbocycles. The second-order valence-corrected chi connectivity index (χ2v) is 7.30. The molecule has 7 heteroatoms. The molecule has 2 aromatic heterocycles. The molecule has 1 amide bonds. The lowest BCUT2D eigenvalue weighted by atomic mass is 10.3. The van der Waals surface area contributed by atoms with Gasteiger partial charge < -0.3 is 15.5 Å². The van der Waals surface area contributed by atoms with Crippen molar-refractivity contribution < 1.29 is 4.79 Å². The number of nitrogens with zero attached hydrogens (tertiary/aromatic N) is 3. The molecule has 1 aliphatic rings. The van der Waals surface area contributed by atoms with Crippen LogP contribution in [0.5, 0.6) is 0 Å². The van der Waals surface area contributed by atoms with Crippen molar-refractivity contribution in [2.45, 2.75) is 0 Å². The molecule has 1 fully saturated rings. The zero-order valence-corrected chi connectivity index (χ0v) is 13.7. The van der Waals surface area contributed by atoms with E-state index < -0.39 is 0 Å². The maximum atomic E-state index is 12.4. The molecular formula is C14H15BrN4OS. The number of halogens is 1. The molecule has 5 nitrogen and oxygen atoms in total. The summed E-state index contributed by atoms with van der Waals surface area (Å²) < 4.78 is 0.982. The average Bonchev–Trinajstić information content (AvgIpc) is 2.94. The average molecular weight is 367 g/mol. The number of hydrogen-bond donors (Lipinski definition) is 1. The van der Waals surface area contributed by atoms with Crippen LogP contribution in [0.4, 0.5) is 11.5 Å². The molecule has 2 aromatic rings. The molecule has 21 heavy (non-hydrogen) atoms. The van der Waals surface area contributed by atoms with Gasteiger partial charge in [0.15, 0.2) is 0 Å². The van der Waals surface area contributed by atoms with Crippen molar-refractivity contribution in [1.29, 1.82) is 0 Å². The topological polar surface area (TPSA) is 62.5 Å². The lowest BCUT2D eigenvalue weighted by molar-refractivity contribution is 0.0751. The van der Waals surface area contributed by atoms with Gasteiger partial charge in [0, 0.05) is 26.2 Å². The first-order valence-corrected chi connectivity index (χ1v) is 8.25. The molecule has 0 unspecified atom stereocenters. The molecule has 0 saturated carbocycles. The van der Waals surface area contributed by atoms with Gasteiger partial charge in [0.05, 0.1) is 20.5 Å². The monoisotopic (exact) mass is 366 g/mol. The molecule has 0 atom stereocenters. The smallest absolute Gasteiger partial charge is 0.264 e. The van der Waals surface area contributed by atoms with Crippen molar-refractivity contribution in [3.8, 4) is 0 Å². The predicted molar refractivity (Wildman–Crippen MR) is 88.8 cm³/mol. The SMILES string of the molecule is Nc1ccc(N2CCN(C(=O)c3ccc(Br)s3)CC2)nc1. The largest absolute Gasteiger partial charge is 0.397 e. The van der Waals surface area contributed by atoms with Crippen molar-refractivity contribution in [2.75, 3.05) is 36.8 Å². The van der Waals surface area contributed by atoms with E-state index in [0.29, 0.717) is 18.8 Å². The summed E-state index contributed by atoms with van der Waals surface area (Å²) in [6.45, 7) is 2.99. The van der Waals surface area contributed by atoms with Gasteiger partial charge in [0.2, 0.25) is 0 Å². The number of amides is 1. The van der Waals surface area contributed by atoms with Crippen LogP contribution in [0.1, 0.15) is 9.67 Å². The fraction of sp³-hybridized carbons (Fsp3) is 0.286. The number of piperazine rings is 1. The minimum Gasteiger partial charge on any atom is -0.397 e. The number of carbonyl (C=O) groups is 1. The third-order valence-corrected chi connectivity index (χ3v) is 5.06. The minimum absolute atomic E-state index is 0.107. The number of aromatic nitrogens is 1. The number of hydrogen-bond acceptors (Lipinski definition) is 5.